The highest BCUT2D eigenvalue weighted by Gasteiger charge is 2.32. The van der Waals surface area contributed by atoms with Crippen LogP contribution in [0.3, 0.4) is 0 Å². The SMILES string of the molecule is CCN1CCc2cccc(C(C)(C)CN3CCN(C(C)C)c4cc(C(C)C)ccc43)c2C1. The van der Waals surface area contributed by atoms with E-state index in [4.69, 9.17) is 0 Å². The van der Waals surface area contributed by atoms with Gasteiger partial charge in [-0.15, -0.1) is 0 Å². The van der Waals surface area contributed by atoms with Crippen LogP contribution in [0.5, 0.6) is 0 Å². The normalized spacial score (nSPS) is 17.2. The fraction of sp³-hybridized carbons (Fsp3) is 0.586. The first-order chi connectivity index (χ1) is 15.2. The summed E-state index contributed by atoms with van der Waals surface area (Å²) < 4.78 is 0. The summed E-state index contributed by atoms with van der Waals surface area (Å²) in [5.74, 6) is 0.554. The van der Waals surface area contributed by atoms with Crippen molar-refractivity contribution in [2.75, 3.05) is 42.5 Å². The van der Waals surface area contributed by atoms with Crippen LogP contribution in [-0.4, -0.2) is 43.7 Å². The number of anilines is 2. The Labute approximate surface area is 196 Å². The van der Waals surface area contributed by atoms with E-state index in [1.165, 1.54) is 29.9 Å². The quantitative estimate of drug-likeness (QED) is 0.537. The molecule has 174 valence electrons. The van der Waals surface area contributed by atoms with Crippen molar-refractivity contribution in [2.45, 2.75) is 78.8 Å². The Kier molecular flexibility index (Phi) is 6.58. The van der Waals surface area contributed by atoms with E-state index in [-0.39, 0.29) is 5.41 Å². The van der Waals surface area contributed by atoms with Crippen LogP contribution < -0.4 is 9.80 Å². The van der Waals surface area contributed by atoms with Gasteiger partial charge in [0.25, 0.3) is 0 Å². The molecular formula is C29H43N3. The lowest BCUT2D eigenvalue weighted by Crippen LogP contribution is -2.48. The summed E-state index contributed by atoms with van der Waals surface area (Å²) in [5.41, 5.74) is 9.04. The highest BCUT2D eigenvalue weighted by atomic mass is 15.3. The molecule has 0 spiro atoms. The zero-order valence-corrected chi connectivity index (χ0v) is 21.4. The van der Waals surface area contributed by atoms with Crippen molar-refractivity contribution in [3.05, 3.63) is 58.7 Å². The molecule has 0 unspecified atom stereocenters. The van der Waals surface area contributed by atoms with E-state index in [9.17, 15) is 0 Å². The highest BCUT2D eigenvalue weighted by Crippen LogP contribution is 2.40. The van der Waals surface area contributed by atoms with Gasteiger partial charge in [0.2, 0.25) is 0 Å². The van der Waals surface area contributed by atoms with Crippen LogP contribution in [0.1, 0.15) is 76.6 Å². The maximum absolute atomic E-state index is 2.65. The predicted octanol–water partition coefficient (Wildman–Crippen LogP) is 6.20. The largest absolute Gasteiger partial charge is 0.367 e. The smallest absolute Gasteiger partial charge is 0.0609 e. The highest BCUT2D eigenvalue weighted by molar-refractivity contribution is 5.75. The average Bonchev–Trinajstić information content (AvgIpc) is 2.77. The molecule has 3 heteroatoms. The van der Waals surface area contributed by atoms with Crippen LogP contribution in [0, 0.1) is 0 Å². The topological polar surface area (TPSA) is 9.72 Å². The molecule has 0 amide bonds. The number of likely N-dealkylation sites (N-methyl/N-ethyl adjacent to an activating group) is 1. The molecule has 0 N–H and O–H groups in total. The Morgan fingerprint density at radius 1 is 0.938 bits per heavy atom. The molecule has 3 nitrogen and oxygen atoms in total. The second-order valence-corrected chi connectivity index (χ2v) is 11.1. The van der Waals surface area contributed by atoms with Crippen molar-refractivity contribution < 1.29 is 0 Å². The Morgan fingerprint density at radius 3 is 2.41 bits per heavy atom. The van der Waals surface area contributed by atoms with E-state index in [0.29, 0.717) is 12.0 Å². The third kappa shape index (κ3) is 4.41. The lowest BCUT2D eigenvalue weighted by Gasteiger charge is -2.45. The molecule has 0 bridgehead atoms. The second kappa shape index (κ2) is 9.09. The van der Waals surface area contributed by atoms with Gasteiger partial charge in [0, 0.05) is 44.2 Å². The molecule has 0 saturated carbocycles. The van der Waals surface area contributed by atoms with Gasteiger partial charge < -0.3 is 9.80 Å². The zero-order chi connectivity index (χ0) is 23.0. The number of hydrogen-bond donors (Lipinski definition) is 0. The molecule has 2 aliphatic heterocycles. The molecule has 4 rings (SSSR count). The van der Waals surface area contributed by atoms with E-state index >= 15 is 0 Å². The van der Waals surface area contributed by atoms with E-state index in [1.54, 1.807) is 16.7 Å². The molecule has 0 aliphatic carbocycles. The fourth-order valence-corrected chi connectivity index (χ4v) is 5.67. The molecule has 2 aromatic carbocycles. The monoisotopic (exact) mass is 433 g/mol. The first kappa shape index (κ1) is 23.2. The van der Waals surface area contributed by atoms with Crippen LogP contribution in [0.15, 0.2) is 36.4 Å². The summed E-state index contributed by atoms with van der Waals surface area (Å²) >= 11 is 0. The number of rotatable bonds is 6. The first-order valence-electron chi connectivity index (χ1n) is 12.7. The van der Waals surface area contributed by atoms with Crippen LogP contribution >= 0.6 is 0 Å². The van der Waals surface area contributed by atoms with Gasteiger partial charge in [-0.2, -0.15) is 0 Å². The number of nitrogens with zero attached hydrogens (tertiary/aromatic N) is 3. The van der Waals surface area contributed by atoms with Crippen LogP contribution in [0.25, 0.3) is 0 Å². The van der Waals surface area contributed by atoms with Gasteiger partial charge in [-0.3, -0.25) is 4.90 Å². The van der Waals surface area contributed by atoms with Crippen LogP contribution in [0.2, 0.25) is 0 Å². The predicted molar refractivity (Wildman–Crippen MR) is 139 cm³/mol. The number of fused-ring (bicyclic) bond motifs is 2. The first-order valence-corrected chi connectivity index (χ1v) is 12.7. The summed E-state index contributed by atoms with van der Waals surface area (Å²) in [6, 6.07) is 14.7. The fourth-order valence-electron chi connectivity index (χ4n) is 5.67. The third-order valence-electron chi connectivity index (χ3n) is 7.67. The molecule has 2 aliphatic rings. The zero-order valence-electron chi connectivity index (χ0n) is 21.4. The van der Waals surface area contributed by atoms with E-state index in [2.05, 4.69) is 99.6 Å². The average molecular weight is 434 g/mol. The van der Waals surface area contributed by atoms with Crippen molar-refractivity contribution in [2.24, 2.45) is 0 Å². The van der Waals surface area contributed by atoms with Gasteiger partial charge in [0.1, 0.15) is 0 Å². The van der Waals surface area contributed by atoms with Crippen molar-refractivity contribution in [3.63, 3.8) is 0 Å². The Bertz CT molecular complexity index is 943. The summed E-state index contributed by atoms with van der Waals surface area (Å²) in [6.07, 6.45) is 1.18. The molecule has 32 heavy (non-hydrogen) atoms. The molecule has 2 heterocycles. The van der Waals surface area contributed by atoms with Crippen LogP contribution in [-0.2, 0) is 18.4 Å². The van der Waals surface area contributed by atoms with Gasteiger partial charge in [-0.25, -0.2) is 0 Å². The molecule has 0 aromatic heterocycles. The van der Waals surface area contributed by atoms with Gasteiger partial charge in [0.15, 0.2) is 0 Å². The molecule has 0 saturated heterocycles. The molecule has 0 radical (unpaired) electrons. The summed E-state index contributed by atoms with van der Waals surface area (Å²) in [6.45, 7) is 23.1. The Morgan fingerprint density at radius 2 is 1.72 bits per heavy atom. The minimum absolute atomic E-state index is 0.0933. The van der Waals surface area contributed by atoms with E-state index in [1.807, 2.05) is 0 Å². The Hall–Kier alpha value is -2.00. The van der Waals surface area contributed by atoms with Crippen molar-refractivity contribution in [3.8, 4) is 0 Å². The Balaban J connectivity index is 1.67. The van der Waals surface area contributed by atoms with E-state index in [0.717, 1.165) is 32.7 Å². The third-order valence-corrected chi connectivity index (χ3v) is 7.67. The van der Waals surface area contributed by atoms with Gasteiger partial charge in [0.05, 0.1) is 11.4 Å². The maximum atomic E-state index is 2.65. The molecule has 0 fully saturated rings. The van der Waals surface area contributed by atoms with Gasteiger partial charge in [-0.1, -0.05) is 58.9 Å². The lowest BCUT2D eigenvalue weighted by molar-refractivity contribution is 0.265. The molecule has 0 atom stereocenters. The van der Waals surface area contributed by atoms with Crippen molar-refractivity contribution in [1.29, 1.82) is 0 Å². The van der Waals surface area contributed by atoms with Gasteiger partial charge in [-0.05, 0) is 67.1 Å². The van der Waals surface area contributed by atoms with Crippen molar-refractivity contribution in [1.82, 2.24) is 4.90 Å². The van der Waals surface area contributed by atoms with Crippen molar-refractivity contribution >= 4 is 11.4 Å². The minimum Gasteiger partial charge on any atom is -0.367 e. The second-order valence-electron chi connectivity index (χ2n) is 11.1. The minimum atomic E-state index is 0.0933. The lowest BCUT2D eigenvalue weighted by atomic mass is 9.78. The summed E-state index contributed by atoms with van der Waals surface area (Å²) in [5, 5.41) is 0. The van der Waals surface area contributed by atoms with Gasteiger partial charge >= 0.3 is 0 Å². The molecule has 2 aromatic rings. The van der Waals surface area contributed by atoms with Crippen LogP contribution in [0.4, 0.5) is 11.4 Å². The summed E-state index contributed by atoms with van der Waals surface area (Å²) in [4.78, 5) is 7.83. The number of benzene rings is 2. The maximum Gasteiger partial charge on any atom is 0.0609 e. The standard InChI is InChI=1S/C29H43N3/c1-8-30-15-14-23-10-9-11-26(25(23)19-30)29(6,7)20-31-16-17-32(22(4)5)28-18-24(21(2)3)12-13-27(28)31/h9-13,18,21-22H,8,14-17,19-20H2,1-7H3. The molecular weight excluding hydrogens is 390 g/mol. The summed E-state index contributed by atoms with van der Waals surface area (Å²) in [7, 11) is 0. The number of hydrogen-bond acceptors (Lipinski definition) is 3. The van der Waals surface area contributed by atoms with E-state index < -0.39 is 0 Å².